The van der Waals surface area contributed by atoms with Gasteiger partial charge in [0.05, 0.1) is 5.56 Å². The van der Waals surface area contributed by atoms with Gasteiger partial charge in [-0.2, -0.15) is 5.10 Å². The van der Waals surface area contributed by atoms with Crippen molar-refractivity contribution >= 4 is 23.0 Å². The van der Waals surface area contributed by atoms with E-state index < -0.39 is 0 Å². The first kappa shape index (κ1) is 22.7. The molecule has 166 valence electrons. The van der Waals surface area contributed by atoms with E-state index >= 15 is 0 Å². The number of hydrogen-bond donors (Lipinski definition) is 4. The van der Waals surface area contributed by atoms with Crippen molar-refractivity contribution in [3.63, 3.8) is 0 Å². The lowest BCUT2D eigenvalue weighted by atomic mass is 10.0. The zero-order valence-corrected chi connectivity index (χ0v) is 18.3. The topological polar surface area (TPSA) is 123 Å². The lowest BCUT2D eigenvalue weighted by Crippen LogP contribution is -2.15. The fourth-order valence-corrected chi connectivity index (χ4v) is 3.39. The third kappa shape index (κ3) is 5.37. The van der Waals surface area contributed by atoms with Gasteiger partial charge in [-0.1, -0.05) is 25.5 Å². The molecule has 3 aromatic rings. The highest BCUT2D eigenvalue weighted by Gasteiger charge is 2.16. The van der Waals surface area contributed by atoms with Crippen molar-refractivity contribution < 1.29 is 14.6 Å². The quantitative estimate of drug-likeness (QED) is 0.130. The minimum absolute atomic E-state index is 0.0102. The van der Waals surface area contributed by atoms with Crippen LogP contribution in [-0.4, -0.2) is 16.7 Å². The molecule has 0 radical (unpaired) electrons. The number of aromatic hydroxyl groups is 1. The molecule has 0 saturated carbocycles. The zero-order valence-electron chi connectivity index (χ0n) is 18.3. The highest BCUT2D eigenvalue weighted by atomic mass is 16.5. The molecule has 0 unspecified atom stereocenters. The van der Waals surface area contributed by atoms with E-state index in [4.69, 9.17) is 16.3 Å². The monoisotopic (exact) mass is 432 g/mol. The van der Waals surface area contributed by atoms with Crippen LogP contribution in [0.2, 0.25) is 0 Å². The normalized spacial score (nSPS) is 11.2. The van der Waals surface area contributed by atoms with Gasteiger partial charge >= 0.3 is 0 Å². The summed E-state index contributed by atoms with van der Waals surface area (Å²) in [5, 5.41) is 17.3. The minimum Gasteiger partial charge on any atom is -0.507 e. The molecule has 0 heterocycles. The highest BCUT2D eigenvalue weighted by Crippen LogP contribution is 2.33. The van der Waals surface area contributed by atoms with Crippen LogP contribution in [0.5, 0.6) is 11.5 Å². The van der Waals surface area contributed by atoms with E-state index in [1.807, 2.05) is 55.5 Å². The Kier molecular flexibility index (Phi) is 7.33. The van der Waals surface area contributed by atoms with E-state index in [1.165, 1.54) is 6.92 Å². The van der Waals surface area contributed by atoms with Crippen LogP contribution in [0.4, 0.5) is 11.4 Å². The molecular formula is C25H28N4O3. The molecule has 32 heavy (non-hydrogen) atoms. The molecule has 0 spiro atoms. The van der Waals surface area contributed by atoms with Gasteiger partial charge in [0.2, 0.25) is 0 Å². The number of ether oxygens (including phenoxy) is 1. The van der Waals surface area contributed by atoms with E-state index in [9.17, 15) is 9.90 Å². The van der Waals surface area contributed by atoms with E-state index in [0.29, 0.717) is 29.9 Å². The number of amidine groups is 1. The van der Waals surface area contributed by atoms with Gasteiger partial charge in [-0.3, -0.25) is 4.79 Å². The summed E-state index contributed by atoms with van der Waals surface area (Å²) in [4.78, 5) is 11.7. The number of hydrogen-bond acceptors (Lipinski definition) is 6. The van der Waals surface area contributed by atoms with Crippen LogP contribution < -0.4 is 21.6 Å². The number of carbonyl (C=O) groups excluding carboxylic acids is 1. The predicted molar refractivity (Wildman–Crippen MR) is 128 cm³/mol. The molecule has 3 rings (SSSR count). The van der Waals surface area contributed by atoms with Crippen LogP contribution in [0.3, 0.4) is 0 Å². The number of Topliss-reactive ketones (excluding diaryl/α,β-unsaturated/α-hetero) is 1. The molecular weight excluding hydrogens is 404 g/mol. The molecule has 0 atom stereocenters. The molecule has 7 heteroatoms. The Bertz CT molecular complexity index is 1120. The van der Waals surface area contributed by atoms with Crippen molar-refractivity contribution in [3.05, 3.63) is 82.9 Å². The Hall–Kier alpha value is -4.00. The number of nitrogens with one attached hydrogen (secondary N) is 1. The maximum atomic E-state index is 11.7. The van der Waals surface area contributed by atoms with Crippen molar-refractivity contribution in [2.24, 2.45) is 16.7 Å². The average molecular weight is 433 g/mol. The number of ketones is 1. The maximum absolute atomic E-state index is 11.7. The summed E-state index contributed by atoms with van der Waals surface area (Å²) in [5.41, 5.74) is 10.2. The van der Waals surface area contributed by atoms with Gasteiger partial charge in [0.25, 0.3) is 0 Å². The Morgan fingerprint density at radius 1 is 1.09 bits per heavy atom. The number of nitrogens with two attached hydrogens (primary N) is 2. The first-order valence-corrected chi connectivity index (χ1v) is 10.4. The van der Waals surface area contributed by atoms with Gasteiger partial charge in [0, 0.05) is 22.5 Å². The highest BCUT2D eigenvalue weighted by molar-refractivity contribution is 5.98. The summed E-state index contributed by atoms with van der Waals surface area (Å²) in [6, 6.07) is 18.7. The molecule has 0 amide bonds. The summed E-state index contributed by atoms with van der Waals surface area (Å²) >= 11 is 0. The Labute approximate surface area is 187 Å². The van der Waals surface area contributed by atoms with Crippen LogP contribution in [0.1, 0.15) is 47.3 Å². The molecule has 3 aromatic carbocycles. The van der Waals surface area contributed by atoms with Gasteiger partial charge in [-0.15, -0.1) is 0 Å². The number of phenolic OH excluding ortho intramolecular Hbond substituents is 1. The van der Waals surface area contributed by atoms with Crippen molar-refractivity contribution in [2.75, 3.05) is 5.32 Å². The lowest BCUT2D eigenvalue weighted by Gasteiger charge is -2.15. The SMILES string of the molecule is CCCc1c(OCc2cccc(Nc3ccc(/C(N)=N/N)cc3)c2)ccc(C(C)=O)c1O. The van der Waals surface area contributed by atoms with E-state index in [2.05, 4.69) is 10.4 Å². The van der Waals surface area contributed by atoms with Crippen molar-refractivity contribution in [3.8, 4) is 11.5 Å². The average Bonchev–Trinajstić information content (AvgIpc) is 2.79. The van der Waals surface area contributed by atoms with Gasteiger partial charge in [0.15, 0.2) is 5.78 Å². The second kappa shape index (κ2) is 10.3. The fourth-order valence-electron chi connectivity index (χ4n) is 3.39. The molecule has 6 N–H and O–H groups in total. The summed E-state index contributed by atoms with van der Waals surface area (Å²) < 4.78 is 6.01. The van der Waals surface area contributed by atoms with Crippen LogP contribution >= 0.6 is 0 Å². The maximum Gasteiger partial charge on any atom is 0.163 e. The minimum atomic E-state index is -0.170. The smallest absolute Gasteiger partial charge is 0.163 e. The molecule has 0 saturated heterocycles. The van der Waals surface area contributed by atoms with Gasteiger partial charge in [0.1, 0.15) is 23.9 Å². The Balaban J connectivity index is 1.73. The summed E-state index contributed by atoms with van der Waals surface area (Å²) in [6.07, 6.45) is 1.45. The predicted octanol–water partition coefficient (Wildman–Crippen LogP) is 4.45. The number of hydrazone groups is 1. The largest absolute Gasteiger partial charge is 0.507 e. The van der Waals surface area contributed by atoms with Crippen molar-refractivity contribution in [1.29, 1.82) is 0 Å². The molecule has 0 aliphatic carbocycles. The van der Waals surface area contributed by atoms with Crippen LogP contribution in [0.25, 0.3) is 0 Å². The van der Waals surface area contributed by atoms with Gasteiger partial charge in [-0.25, -0.2) is 0 Å². The molecule has 0 bridgehead atoms. The third-order valence-electron chi connectivity index (χ3n) is 5.05. The summed E-state index contributed by atoms with van der Waals surface area (Å²) in [7, 11) is 0. The molecule has 7 nitrogen and oxygen atoms in total. The lowest BCUT2D eigenvalue weighted by molar-refractivity contribution is 0.101. The first-order valence-electron chi connectivity index (χ1n) is 10.4. The van der Waals surface area contributed by atoms with E-state index in [1.54, 1.807) is 12.1 Å². The first-order chi connectivity index (χ1) is 15.4. The van der Waals surface area contributed by atoms with E-state index in [-0.39, 0.29) is 17.4 Å². The number of nitrogens with zero attached hydrogens (tertiary/aromatic N) is 1. The Morgan fingerprint density at radius 3 is 2.50 bits per heavy atom. The Morgan fingerprint density at radius 2 is 1.84 bits per heavy atom. The number of phenols is 1. The van der Waals surface area contributed by atoms with Crippen LogP contribution in [0, 0.1) is 0 Å². The number of anilines is 2. The third-order valence-corrected chi connectivity index (χ3v) is 5.05. The van der Waals surface area contributed by atoms with E-state index in [0.717, 1.165) is 28.9 Å². The number of carbonyl (C=O) groups is 1. The molecule has 0 aromatic heterocycles. The molecule has 0 aliphatic rings. The van der Waals surface area contributed by atoms with Gasteiger partial charge < -0.3 is 26.7 Å². The van der Waals surface area contributed by atoms with Crippen molar-refractivity contribution in [2.45, 2.75) is 33.3 Å². The van der Waals surface area contributed by atoms with Crippen LogP contribution in [-0.2, 0) is 13.0 Å². The molecule has 0 fully saturated rings. The summed E-state index contributed by atoms with van der Waals surface area (Å²) in [5.74, 6) is 5.92. The number of rotatable bonds is 9. The standard InChI is InChI=1S/C25H28N4O3/c1-3-5-22-23(13-12-21(16(2)30)24(22)31)32-15-17-6-4-7-20(14-17)28-19-10-8-18(9-11-19)25(26)29-27/h4,6-14,28,31H,3,5,15,27H2,1-2H3,(H2,26,29). The van der Waals surface area contributed by atoms with Gasteiger partial charge in [-0.05, 0) is 67.4 Å². The second-order valence-electron chi connectivity index (χ2n) is 7.45. The number of benzene rings is 3. The fraction of sp³-hybridized carbons (Fsp3) is 0.200. The second-order valence-corrected chi connectivity index (χ2v) is 7.45. The van der Waals surface area contributed by atoms with Crippen molar-refractivity contribution in [1.82, 2.24) is 0 Å². The zero-order chi connectivity index (χ0) is 23.1. The van der Waals surface area contributed by atoms with Crippen LogP contribution in [0.15, 0.2) is 65.8 Å². The summed E-state index contributed by atoms with van der Waals surface area (Å²) in [6.45, 7) is 3.79. The molecule has 0 aliphatic heterocycles.